The highest BCUT2D eigenvalue weighted by molar-refractivity contribution is 6.06. The van der Waals surface area contributed by atoms with Crippen molar-refractivity contribution in [2.45, 2.75) is 50.1 Å². The van der Waals surface area contributed by atoms with Crippen LogP contribution in [0.2, 0.25) is 0 Å². The highest BCUT2D eigenvalue weighted by Crippen LogP contribution is 2.40. The van der Waals surface area contributed by atoms with E-state index in [1.807, 2.05) is 42.5 Å². The van der Waals surface area contributed by atoms with Crippen molar-refractivity contribution in [1.29, 1.82) is 5.26 Å². The molecule has 5 rings (SSSR count). The van der Waals surface area contributed by atoms with Crippen LogP contribution in [0.15, 0.2) is 48.5 Å². The third kappa shape index (κ3) is 4.75. The van der Waals surface area contributed by atoms with E-state index in [1.165, 1.54) is 0 Å². The summed E-state index contributed by atoms with van der Waals surface area (Å²) in [6, 6.07) is 15.0. The van der Waals surface area contributed by atoms with E-state index in [9.17, 15) is 19.6 Å². The number of hydrogen-bond donors (Lipinski definition) is 4. The third-order valence-corrected chi connectivity index (χ3v) is 7.33. The molecule has 9 heteroatoms. The van der Waals surface area contributed by atoms with Gasteiger partial charge in [0.25, 0.3) is 5.91 Å². The summed E-state index contributed by atoms with van der Waals surface area (Å²) in [6.45, 7) is 1.78. The number of aromatic nitrogens is 1. The Kier molecular flexibility index (Phi) is 6.34. The minimum Gasteiger partial charge on any atom is -0.496 e. The van der Waals surface area contributed by atoms with Crippen LogP contribution in [0.25, 0.3) is 10.9 Å². The van der Waals surface area contributed by atoms with E-state index < -0.39 is 29.3 Å². The van der Waals surface area contributed by atoms with Gasteiger partial charge in [-0.05, 0) is 55.5 Å². The molecule has 1 aromatic heterocycles. The standard InChI is InChI=1S/C28H29N5O4/c1-28(19-6-3-4-7-21(19)33-27(28)36)14-17(15-29)30-25(34)22(12-16-10-11-16)32-26(35)23-13-18-20(31-23)8-5-9-24(18)37-2/h3-9,13,16-17,22,31H,10-12,14H2,1-2H3,(H,30,34)(H,32,35)(H,33,36)/t17-,22?,28+/m0/s1. The normalized spacial score (nSPS) is 19.9. The predicted octanol–water partition coefficient (Wildman–Crippen LogP) is 3.38. The molecule has 190 valence electrons. The average Bonchev–Trinajstić information content (AvgIpc) is 3.54. The molecule has 4 N–H and O–H groups in total. The Hall–Kier alpha value is -4.32. The van der Waals surface area contributed by atoms with Gasteiger partial charge in [-0.1, -0.05) is 37.1 Å². The van der Waals surface area contributed by atoms with Crippen LogP contribution in [-0.2, 0) is 15.0 Å². The minimum absolute atomic E-state index is 0.115. The van der Waals surface area contributed by atoms with Crippen LogP contribution >= 0.6 is 0 Å². The molecule has 0 bridgehead atoms. The summed E-state index contributed by atoms with van der Waals surface area (Å²) in [5, 5.41) is 19.1. The molecule has 1 fully saturated rings. The number of para-hydroxylation sites is 1. The summed E-state index contributed by atoms with van der Waals surface area (Å²) in [6.07, 6.45) is 2.60. The molecule has 3 amide bonds. The molecule has 2 aliphatic rings. The lowest BCUT2D eigenvalue weighted by molar-refractivity contribution is -0.125. The molecule has 1 aliphatic carbocycles. The number of nitrogens with zero attached hydrogens (tertiary/aromatic N) is 1. The molecule has 3 aromatic rings. The van der Waals surface area contributed by atoms with Gasteiger partial charge in [0.15, 0.2) is 0 Å². The van der Waals surface area contributed by atoms with Gasteiger partial charge in [0.1, 0.15) is 23.5 Å². The number of aromatic amines is 1. The number of nitrogens with one attached hydrogen (secondary N) is 4. The largest absolute Gasteiger partial charge is 0.496 e. The monoisotopic (exact) mass is 499 g/mol. The number of fused-ring (bicyclic) bond motifs is 2. The first-order valence-electron chi connectivity index (χ1n) is 12.4. The van der Waals surface area contributed by atoms with Crippen molar-refractivity contribution in [2.75, 3.05) is 12.4 Å². The Balaban J connectivity index is 1.31. The van der Waals surface area contributed by atoms with Gasteiger partial charge in [0.05, 0.1) is 18.6 Å². The fourth-order valence-corrected chi connectivity index (χ4v) is 5.05. The molecule has 9 nitrogen and oxygen atoms in total. The van der Waals surface area contributed by atoms with Gasteiger partial charge in [-0.25, -0.2) is 0 Å². The quantitative estimate of drug-likeness (QED) is 0.358. The highest BCUT2D eigenvalue weighted by atomic mass is 16.5. The fourth-order valence-electron chi connectivity index (χ4n) is 5.05. The number of nitriles is 1. The molecule has 1 aliphatic heterocycles. The van der Waals surface area contributed by atoms with Gasteiger partial charge >= 0.3 is 0 Å². The van der Waals surface area contributed by atoms with Crippen molar-refractivity contribution in [3.05, 3.63) is 59.8 Å². The summed E-state index contributed by atoms with van der Waals surface area (Å²) in [7, 11) is 1.57. The van der Waals surface area contributed by atoms with E-state index >= 15 is 0 Å². The molecule has 3 atom stereocenters. The summed E-state index contributed by atoms with van der Waals surface area (Å²) >= 11 is 0. The van der Waals surface area contributed by atoms with Gasteiger partial charge in [-0.3, -0.25) is 14.4 Å². The first kappa shape index (κ1) is 24.4. The number of anilines is 1. The maximum atomic E-state index is 13.3. The number of H-pyrrole nitrogens is 1. The van der Waals surface area contributed by atoms with Gasteiger partial charge in [-0.2, -0.15) is 5.26 Å². The maximum absolute atomic E-state index is 13.3. The van der Waals surface area contributed by atoms with E-state index in [0.717, 1.165) is 29.3 Å². The van der Waals surface area contributed by atoms with E-state index in [4.69, 9.17) is 4.74 Å². The molecule has 0 radical (unpaired) electrons. The number of carbonyl (C=O) groups excluding carboxylic acids is 3. The number of carbonyl (C=O) groups is 3. The third-order valence-electron chi connectivity index (χ3n) is 7.33. The summed E-state index contributed by atoms with van der Waals surface area (Å²) in [5.74, 6) is -0.0629. The lowest BCUT2D eigenvalue weighted by atomic mass is 9.78. The number of amides is 3. The molecule has 1 saturated carbocycles. The zero-order chi connectivity index (χ0) is 26.2. The number of benzene rings is 2. The molecule has 0 saturated heterocycles. The molecule has 2 heterocycles. The van der Waals surface area contributed by atoms with E-state index in [-0.39, 0.29) is 12.3 Å². The van der Waals surface area contributed by atoms with Gasteiger partial charge < -0.3 is 25.7 Å². The van der Waals surface area contributed by atoms with Crippen molar-refractivity contribution in [2.24, 2.45) is 5.92 Å². The van der Waals surface area contributed by atoms with Crippen molar-refractivity contribution in [3.63, 3.8) is 0 Å². The minimum atomic E-state index is -0.955. The van der Waals surface area contributed by atoms with Crippen LogP contribution in [-0.4, -0.2) is 41.9 Å². The second kappa shape index (κ2) is 9.62. The number of rotatable bonds is 9. The van der Waals surface area contributed by atoms with E-state index in [0.29, 0.717) is 29.5 Å². The first-order chi connectivity index (χ1) is 17.8. The first-order valence-corrected chi connectivity index (χ1v) is 12.4. The summed E-state index contributed by atoms with van der Waals surface area (Å²) in [4.78, 5) is 42.3. The van der Waals surface area contributed by atoms with Crippen molar-refractivity contribution in [1.82, 2.24) is 15.6 Å². The summed E-state index contributed by atoms with van der Waals surface area (Å²) in [5.41, 5.74) is 1.62. The summed E-state index contributed by atoms with van der Waals surface area (Å²) < 4.78 is 5.37. The van der Waals surface area contributed by atoms with E-state index in [1.54, 1.807) is 20.1 Å². The van der Waals surface area contributed by atoms with Crippen molar-refractivity contribution >= 4 is 34.3 Å². The SMILES string of the molecule is COc1cccc2[nH]c(C(=O)NC(CC3CC3)C(=O)N[C@H](C#N)C[C@@]3(C)C(=O)Nc4ccccc43)cc12. The van der Waals surface area contributed by atoms with Crippen molar-refractivity contribution in [3.8, 4) is 11.8 Å². The number of ether oxygens (including phenoxy) is 1. The molecule has 0 spiro atoms. The van der Waals surface area contributed by atoms with Gasteiger partial charge in [0, 0.05) is 16.6 Å². The number of methoxy groups -OCH3 is 1. The van der Waals surface area contributed by atoms with Crippen LogP contribution in [0.1, 0.15) is 48.7 Å². The van der Waals surface area contributed by atoms with Gasteiger partial charge in [0.2, 0.25) is 11.8 Å². The average molecular weight is 500 g/mol. The Morgan fingerprint density at radius 1 is 1.19 bits per heavy atom. The smallest absolute Gasteiger partial charge is 0.268 e. The van der Waals surface area contributed by atoms with Gasteiger partial charge in [-0.15, -0.1) is 0 Å². The Morgan fingerprint density at radius 2 is 1.97 bits per heavy atom. The molecule has 1 unspecified atom stereocenters. The topological polar surface area (TPSA) is 136 Å². The van der Waals surface area contributed by atoms with E-state index in [2.05, 4.69) is 27.0 Å². The lowest BCUT2D eigenvalue weighted by Crippen LogP contribution is -2.51. The van der Waals surface area contributed by atoms with Crippen LogP contribution in [0.5, 0.6) is 5.75 Å². The predicted molar refractivity (Wildman–Crippen MR) is 138 cm³/mol. The maximum Gasteiger partial charge on any atom is 0.268 e. The Morgan fingerprint density at radius 3 is 2.70 bits per heavy atom. The Bertz CT molecular complexity index is 1420. The second-order valence-corrected chi connectivity index (χ2v) is 10.0. The molecular weight excluding hydrogens is 470 g/mol. The molecular formula is C28H29N5O4. The van der Waals surface area contributed by atoms with Crippen LogP contribution in [0.4, 0.5) is 5.69 Å². The van der Waals surface area contributed by atoms with Crippen LogP contribution in [0, 0.1) is 17.2 Å². The Labute approximate surface area is 214 Å². The lowest BCUT2D eigenvalue weighted by Gasteiger charge is -2.26. The zero-order valence-electron chi connectivity index (χ0n) is 20.8. The highest BCUT2D eigenvalue weighted by Gasteiger charge is 2.44. The zero-order valence-corrected chi connectivity index (χ0v) is 20.8. The van der Waals surface area contributed by atoms with Crippen molar-refractivity contribution < 1.29 is 19.1 Å². The van der Waals surface area contributed by atoms with Crippen LogP contribution in [0.3, 0.4) is 0 Å². The molecule has 37 heavy (non-hydrogen) atoms. The number of hydrogen-bond acceptors (Lipinski definition) is 5. The molecule has 2 aromatic carbocycles. The second-order valence-electron chi connectivity index (χ2n) is 10.0. The van der Waals surface area contributed by atoms with Crippen LogP contribution < -0.4 is 20.7 Å². The fraction of sp³-hybridized carbons (Fsp3) is 0.357.